The van der Waals surface area contributed by atoms with Gasteiger partial charge in [-0.3, -0.25) is 4.79 Å². The first-order chi connectivity index (χ1) is 8.87. The molecular weight excluding hydrogens is 242 g/mol. The molecular formula is C14H29N3O2. The third kappa shape index (κ3) is 5.09. The minimum atomic E-state index is -0.852. The lowest BCUT2D eigenvalue weighted by Crippen LogP contribution is -2.56. The van der Waals surface area contributed by atoms with E-state index in [9.17, 15) is 9.90 Å². The minimum absolute atomic E-state index is 0.544. The van der Waals surface area contributed by atoms with Crippen LogP contribution in [0.1, 0.15) is 26.7 Å². The van der Waals surface area contributed by atoms with Gasteiger partial charge in [0.05, 0.1) is 0 Å². The van der Waals surface area contributed by atoms with E-state index in [1.54, 1.807) is 6.92 Å². The number of likely N-dealkylation sites (tertiary alicyclic amines) is 1. The van der Waals surface area contributed by atoms with Gasteiger partial charge in [-0.2, -0.15) is 0 Å². The molecule has 0 bridgehead atoms. The van der Waals surface area contributed by atoms with Crippen molar-refractivity contribution in [3.05, 3.63) is 0 Å². The van der Waals surface area contributed by atoms with Crippen molar-refractivity contribution in [1.82, 2.24) is 15.1 Å². The second-order valence-corrected chi connectivity index (χ2v) is 6.11. The van der Waals surface area contributed by atoms with Crippen LogP contribution in [0.5, 0.6) is 0 Å². The number of nitrogens with one attached hydrogen (secondary N) is 1. The predicted octanol–water partition coefficient (Wildman–Crippen LogP) is 0.713. The molecule has 5 heteroatoms. The number of likely N-dealkylation sites (N-methyl/N-ethyl adjacent to an activating group) is 2. The maximum Gasteiger partial charge on any atom is 0.324 e. The number of rotatable bonds is 7. The fourth-order valence-electron chi connectivity index (χ4n) is 2.88. The summed E-state index contributed by atoms with van der Waals surface area (Å²) in [6.45, 7) is 8.22. The molecule has 0 spiro atoms. The number of aliphatic carboxylic acids is 1. The average Bonchev–Trinajstić information content (AvgIpc) is 2.32. The van der Waals surface area contributed by atoms with Gasteiger partial charge in [0.1, 0.15) is 5.54 Å². The van der Waals surface area contributed by atoms with E-state index >= 15 is 0 Å². The second-order valence-electron chi connectivity index (χ2n) is 6.11. The van der Waals surface area contributed by atoms with E-state index in [1.165, 1.54) is 12.8 Å². The Kier molecular flexibility index (Phi) is 6.23. The van der Waals surface area contributed by atoms with Crippen LogP contribution in [-0.2, 0) is 4.79 Å². The van der Waals surface area contributed by atoms with Gasteiger partial charge in [0.25, 0.3) is 0 Å². The Bertz CT molecular complexity index is 290. The molecule has 1 fully saturated rings. The third-order valence-corrected chi connectivity index (χ3v) is 4.03. The van der Waals surface area contributed by atoms with E-state index in [0.29, 0.717) is 19.0 Å². The van der Waals surface area contributed by atoms with Crippen molar-refractivity contribution >= 4 is 5.97 Å². The van der Waals surface area contributed by atoms with E-state index in [4.69, 9.17) is 0 Å². The van der Waals surface area contributed by atoms with Gasteiger partial charge in [-0.05, 0) is 59.4 Å². The van der Waals surface area contributed by atoms with Gasteiger partial charge in [-0.25, -0.2) is 0 Å². The van der Waals surface area contributed by atoms with Crippen LogP contribution >= 0.6 is 0 Å². The van der Waals surface area contributed by atoms with Crippen molar-refractivity contribution in [3.8, 4) is 0 Å². The topological polar surface area (TPSA) is 55.8 Å². The van der Waals surface area contributed by atoms with Crippen molar-refractivity contribution in [2.24, 2.45) is 5.92 Å². The Labute approximate surface area is 117 Å². The van der Waals surface area contributed by atoms with E-state index in [0.717, 1.165) is 19.6 Å². The highest BCUT2D eigenvalue weighted by Crippen LogP contribution is 2.18. The summed E-state index contributed by atoms with van der Waals surface area (Å²) >= 11 is 0. The molecule has 1 aliphatic rings. The quantitative estimate of drug-likeness (QED) is 0.714. The fraction of sp³-hybridized carbons (Fsp3) is 0.929. The first kappa shape index (κ1) is 16.4. The molecule has 1 aliphatic heterocycles. The van der Waals surface area contributed by atoms with Crippen LogP contribution in [0.3, 0.4) is 0 Å². The number of carboxylic acids is 1. The Morgan fingerprint density at radius 1 is 1.47 bits per heavy atom. The fourth-order valence-corrected chi connectivity index (χ4v) is 2.88. The van der Waals surface area contributed by atoms with Gasteiger partial charge >= 0.3 is 5.97 Å². The summed E-state index contributed by atoms with van der Waals surface area (Å²) < 4.78 is 0. The summed E-state index contributed by atoms with van der Waals surface area (Å²) in [5.74, 6) is -0.0783. The summed E-state index contributed by atoms with van der Waals surface area (Å²) in [6.07, 6.45) is 2.43. The molecule has 0 radical (unpaired) electrons. The average molecular weight is 271 g/mol. The monoisotopic (exact) mass is 271 g/mol. The molecule has 1 unspecified atom stereocenters. The molecule has 0 aromatic heterocycles. The highest BCUT2D eigenvalue weighted by Gasteiger charge is 2.33. The van der Waals surface area contributed by atoms with Crippen LogP contribution in [0.25, 0.3) is 0 Å². The highest BCUT2D eigenvalue weighted by molar-refractivity contribution is 5.78. The molecule has 0 aromatic rings. The summed E-state index contributed by atoms with van der Waals surface area (Å²) in [7, 11) is 4.18. The molecule has 1 rings (SSSR count). The third-order valence-electron chi connectivity index (χ3n) is 4.03. The molecule has 0 saturated carbocycles. The van der Waals surface area contributed by atoms with Crippen LogP contribution in [0.15, 0.2) is 0 Å². The molecule has 0 aromatic carbocycles. The Balaban J connectivity index is 2.44. The van der Waals surface area contributed by atoms with Crippen LogP contribution in [0, 0.1) is 5.92 Å². The maximum absolute atomic E-state index is 11.4. The van der Waals surface area contributed by atoms with E-state index in [1.807, 2.05) is 14.0 Å². The zero-order chi connectivity index (χ0) is 14.5. The van der Waals surface area contributed by atoms with Gasteiger partial charge in [0, 0.05) is 13.1 Å². The van der Waals surface area contributed by atoms with Crippen molar-refractivity contribution < 1.29 is 9.90 Å². The van der Waals surface area contributed by atoms with Gasteiger partial charge in [0.2, 0.25) is 0 Å². The number of carbonyl (C=O) groups is 1. The van der Waals surface area contributed by atoms with E-state index in [2.05, 4.69) is 22.2 Å². The summed E-state index contributed by atoms with van der Waals surface area (Å²) in [5.41, 5.74) is -0.852. The molecule has 1 saturated heterocycles. The van der Waals surface area contributed by atoms with Gasteiger partial charge in [-0.15, -0.1) is 0 Å². The highest BCUT2D eigenvalue weighted by atomic mass is 16.4. The SMILES string of the molecule is CCNC(C)(CN(C)CC1CCN(C)CC1)C(=O)O. The first-order valence-electron chi connectivity index (χ1n) is 7.23. The lowest BCUT2D eigenvalue weighted by Gasteiger charge is -2.35. The van der Waals surface area contributed by atoms with Crippen LogP contribution in [-0.4, -0.2) is 73.2 Å². The molecule has 0 amide bonds. The first-order valence-corrected chi connectivity index (χ1v) is 7.23. The van der Waals surface area contributed by atoms with Crippen molar-refractivity contribution in [1.29, 1.82) is 0 Å². The lowest BCUT2D eigenvalue weighted by molar-refractivity contribution is -0.145. The molecule has 19 heavy (non-hydrogen) atoms. The number of hydrogen-bond acceptors (Lipinski definition) is 4. The number of hydrogen-bond donors (Lipinski definition) is 2. The zero-order valence-electron chi connectivity index (χ0n) is 12.8. The normalized spacial score (nSPS) is 21.5. The smallest absolute Gasteiger partial charge is 0.324 e. The predicted molar refractivity (Wildman–Crippen MR) is 77.4 cm³/mol. The van der Waals surface area contributed by atoms with E-state index in [-0.39, 0.29) is 0 Å². The second kappa shape index (κ2) is 7.22. The van der Waals surface area contributed by atoms with Gasteiger partial charge < -0.3 is 20.2 Å². The van der Waals surface area contributed by atoms with Gasteiger partial charge in [0.15, 0.2) is 0 Å². The van der Waals surface area contributed by atoms with Crippen LogP contribution in [0.2, 0.25) is 0 Å². The number of carboxylic acid groups (broad SMARTS) is 1. The maximum atomic E-state index is 11.4. The zero-order valence-corrected chi connectivity index (χ0v) is 12.8. The molecule has 1 atom stereocenters. The minimum Gasteiger partial charge on any atom is -0.480 e. The molecule has 112 valence electrons. The summed E-state index contributed by atoms with van der Waals surface area (Å²) in [6, 6.07) is 0. The Hall–Kier alpha value is -0.650. The standard InChI is InChI=1S/C14H29N3O2/c1-5-15-14(2,13(18)19)11-17(4)10-12-6-8-16(3)9-7-12/h12,15H,5-11H2,1-4H3,(H,18,19). The molecule has 5 nitrogen and oxygen atoms in total. The largest absolute Gasteiger partial charge is 0.480 e. The molecule has 0 aliphatic carbocycles. The number of piperidine rings is 1. The summed E-state index contributed by atoms with van der Waals surface area (Å²) in [4.78, 5) is 15.9. The van der Waals surface area contributed by atoms with E-state index < -0.39 is 11.5 Å². The van der Waals surface area contributed by atoms with Crippen LogP contribution < -0.4 is 5.32 Å². The lowest BCUT2D eigenvalue weighted by atomic mass is 9.95. The Morgan fingerprint density at radius 2 is 2.05 bits per heavy atom. The van der Waals surface area contributed by atoms with Crippen LogP contribution in [0.4, 0.5) is 0 Å². The van der Waals surface area contributed by atoms with Gasteiger partial charge in [-0.1, -0.05) is 6.92 Å². The van der Waals surface area contributed by atoms with Crippen molar-refractivity contribution in [2.45, 2.75) is 32.2 Å². The summed E-state index contributed by atoms with van der Waals surface area (Å²) in [5, 5.41) is 12.4. The molecule has 1 heterocycles. The number of nitrogens with zero attached hydrogens (tertiary/aromatic N) is 2. The Morgan fingerprint density at radius 3 is 2.53 bits per heavy atom. The van der Waals surface area contributed by atoms with Crippen molar-refractivity contribution in [2.75, 3.05) is 46.8 Å². The van der Waals surface area contributed by atoms with Crippen molar-refractivity contribution in [3.63, 3.8) is 0 Å². The molecule has 2 N–H and O–H groups in total.